The molecule has 1 saturated heterocycles. The molecule has 1 aliphatic rings. The summed E-state index contributed by atoms with van der Waals surface area (Å²) in [7, 11) is -3.17. The van der Waals surface area contributed by atoms with Gasteiger partial charge in [0.25, 0.3) is 0 Å². The normalized spacial score (nSPS) is 24.6. The summed E-state index contributed by atoms with van der Waals surface area (Å²) in [4.78, 5) is 0. The van der Waals surface area contributed by atoms with Gasteiger partial charge in [-0.2, -0.15) is 0 Å². The van der Waals surface area contributed by atoms with Crippen molar-refractivity contribution in [2.45, 2.75) is 12.5 Å². The second-order valence-electron chi connectivity index (χ2n) is 2.79. The quantitative estimate of drug-likeness (QED) is 0.580. The third kappa shape index (κ3) is 3.06. The summed E-state index contributed by atoms with van der Waals surface area (Å²) in [6.45, 7) is 1.27. The predicted molar refractivity (Wildman–Crippen MR) is 45.2 cm³/mol. The lowest BCUT2D eigenvalue weighted by Gasteiger charge is -2.09. The van der Waals surface area contributed by atoms with E-state index in [1.165, 1.54) is 0 Å². The Bertz CT molecular complexity index is 221. The molecule has 1 atom stereocenters. The van der Waals surface area contributed by atoms with Crippen molar-refractivity contribution >= 4 is 10.0 Å². The van der Waals surface area contributed by atoms with E-state index in [4.69, 9.17) is 10.5 Å². The zero-order chi connectivity index (χ0) is 9.03. The third-order valence-corrected chi connectivity index (χ3v) is 3.13. The maximum absolute atomic E-state index is 11.1. The number of sulfonamides is 1. The van der Waals surface area contributed by atoms with E-state index in [2.05, 4.69) is 4.72 Å². The molecule has 0 saturated carbocycles. The van der Waals surface area contributed by atoms with Gasteiger partial charge < -0.3 is 10.5 Å². The van der Waals surface area contributed by atoms with E-state index >= 15 is 0 Å². The number of nitrogens with one attached hydrogen (secondary N) is 1. The molecule has 3 N–H and O–H groups in total. The molecule has 0 bridgehead atoms. The third-order valence-electron chi connectivity index (χ3n) is 1.66. The highest BCUT2D eigenvalue weighted by atomic mass is 32.2. The summed E-state index contributed by atoms with van der Waals surface area (Å²) in [5, 5.41) is 0. The first kappa shape index (κ1) is 9.91. The van der Waals surface area contributed by atoms with Crippen molar-refractivity contribution in [3.63, 3.8) is 0 Å². The molecule has 0 amide bonds. The molecular formula is C6H14N2O3S. The van der Waals surface area contributed by atoms with Crippen LogP contribution in [0.4, 0.5) is 0 Å². The van der Waals surface area contributed by atoms with Crippen LogP contribution in [0.1, 0.15) is 6.42 Å². The minimum Gasteiger partial charge on any atom is -0.380 e. The number of nitrogens with two attached hydrogens (primary N) is 1. The van der Waals surface area contributed by atoms with Gasteiger partial charge in [0.15, 0.2) is 0 Å². The van der Waals surface area contributed by atoms with Crippen LogP contribution in [0.5, 0.6) is 0 Å². The van der Waals surface area contributed by atoms with Crippen molar-refractivity contribution in [1.29, 1.82) is 0 Å². The number of rotatable bonds is 4. The number of hydrogen-bond acceptors (Lipinski definition) is 4. The van der Waals surface area contributed by atoms with E-state index in [0.717, 1.165) is 6.42 Å². The Morgan fingerprint density at radius 3 is 2.83 bits per heavy atom. The molecule has 0 radical (unpaired) electrons. The zero-order valence-electron chi connectivity index (χ0n) is 6.82. The summed E-state index contributed by atoms with van der Waals surface area (Å²) < 4.78 is 29.8. The van der Waals surface area contributed by atoms with Crippen LogP contribution in [-0.2, 0) is 14.8 Å². The maximum atomic E-state index is 11.1. The van der Waals surface area contributed by atoms with Crippen LogP contribution in [-0.4, -0.2) is 40.0 Å². The SMILES string of the molecule is NCCS(=O)(=O)NC1CCOC1. The van der Waals surface area contributed by atoms with Gasteiger partial charge in [-0.3, -0.25) is 0 Å². The average Bonchev–Trinajstić information content (AvgIpc) is 2.38. The van der Waals surface area contributed by atoms with E-state index in [9.17, 15) is 8.42 Å². The summed E-state index contributed by atoms with van der Waals surface area (Å²) in [6.07, 6.45) is 0.754. The predicted octanol–water partition coefficient (Wildman–Crippen LogP) is -1.35. The monoisotopic (exact) mass is 194 g/mol. The molecule has 0 aromatic rings. The van der Waals surface area contributed by atoms with Gasteiger partial charge in [-0.15, -0.1) is 0 Å². The summed E-state index contributed by atoms with van der Waals surface area (Å²) >= 11 is 0. The van der Waals surface area contributed by atoms with Crippen LogP contribution < -0.4 is 10.5 Å². The molecule has 72 valence electrons. The van der Waals surface area contributed by atoms with Crippen LogP contribution in [0.2, 0.25) is 0 Å². The molecule has 1 aliphatic heterocycles. The summed E-state index contributed by atoms with van der Waals surface area (Å²) in [6, 6.07) is -0.0541. The largest absolute Gasteiger partial charge is 0.380 e. The fourth-order valence-electron chi connectivity index (χ4n) is 1.10. The van der Waals surface area contributed by atoms with Crippen molar-refractivity contribution in [2.75, 3.05) is 25.5 Å². The van der Waals surface area contributed by atoms with Crippen LogP contribution in [0.25, 0.3) is 0 Å². The first-order valence-corrected chi connectivity index (χ1v) is 5.57. The molecule has 1 fully saturated rings. The van der Waals surface area contributed by atoms with E-state index in [-0.39, 0.29) is 18.3 Å². The summed E-state index contributed by atoms with van der Waals surface area (Å²) in [5.41, 5.74) is 5.14. The smallest absolute Gasteiger partial charge is 0.213 e. The van der Waals surface area contributed by atoms with Crippen molar-refractivity contribution in [2.24, 2.45) is 5.73 Å². The topological polar surface area (TPSA) is 81.4 Å². The van der Waals surface area contributed by atoms with Gasteiger partial charge in [0, 0.05) is 19.2 Å². The van der Waals surface area contributed by atoms with Crippen molar-refractivity contribution in [3.8, 4) is 0 Å². The Labute approximate surface area is 72.3 Å². The maximum Gasteiger partial charge on any atom is 0.213 e. The summed E-state index contributed by atoms with van der Waals surface area (Å²) in [5.74, 6) is -0.0104. The first-order valence-electron chi connectivity index (χ1n) is 3.92. The van der Waals surface area contributed by atoms with Crippen LogP contribution in [0, 0.1) is 0 Å². The van der Waals surface area contributed by atoms with Gasteiger partial charge in [-0.05, 0) is 6.42 Å². The molecule has 6 heteroatoms. The van der Waals surface area contributed by atoms with E-state index in [0.29, 0.717) is 13.2 Å². The molecule has 0 aliphatic carbocycles. The fourth-order valence-corrected chi connectivity index (χ4v) is 2.22. The van der Waals surface area contributed by atoms with Gasteiger partial charge in [-0.1, -0.05) is 0 Å². The zero-order valence-corrected chi connectivity index (χ0v) is 7.64. The second-order valence-corrected chi connectivity index (χ2v) is 4.66. The molecular weight excluding hydrogens is 180 g/mol. The fraction of sp³-hybridized carbons (Fsp3) is 1.00. The van der Waals surface area contributed by atoms with Crippen LogP contribution in [0.15, 0.2) is 0 Å². The minimum absolute atomic E-state index is 0.0104. The van der Waals surface area contributed by atoms with Crippen LogP contribution >= 0.6 is 0 Å². The number of hydrogen-bond donors (Lipinski definition) is 2. The molecule has 0 spiro atoms. The molecule has 1 heterocycles. The Hall–Kier alpha value is -0.170. The highest BCUT2D eigenvalue weighted by Gasteiger charge is 2.20. The van der Waals surface area contributed by atoms with Gasteiger partial charge >= 0.3 is 0 Å². The standard InChI is InChI=1S/C6H14N2O3S/c7-2-4-12(9,10)8-6-1-3-11-5-6/h6,8H,1-5,7H2. The Morgan fingerprint density at radius 1 is 1.58 bits per heavy atom. The molecule has 12 heavy (non-hydrogen) atoms. The Balaban J connectivity index is 2.38. The van der Waals surface area contributed by atoms with Gasteiger partial charge in [0.2, 0.25) is 10.0 Å². The number of ether oxygens (including phenoxy) is 1. The molecule has 0 aromatic heterocycles. The highest BCUT2D eigenvalue weighted by molar-refractivity contribution is 7.89. The van der Waals surface area contributed by atoms with Crippen molar-refractivity contribution in [1.82, 2.24) is 4.72 Å². The van der Waals surface area contributed by atoms with Crippen LogP contribution in [0.3, 0.4) is 0 Å². The van der Waals surface area contributed by atoms with Crippen molar-refractivity contribution in [3.05, 3.63) is 0 Å². The molecule has 1 rings (SSSR count). The van der Waals surface area contributed by atoms with Gasteiger partial charge in [0.05, 0.1) is 12.4 Å². The average molecular weight is 194 g/mol. The molecule has 5 nitrogen and oxygen atoms in total. The molecule has 1 unspecified atom stereocenters. The second kappa shape index (κ2) is 4.18. The van der Waals surface area contributed by atoms with Crippen molar-refractivity contribution < 1.29 is 13.2 Å². The van der Waals surface area contributed by atoms with E-state index in [1.54, 1.807) is 0 Å². The molecule has 0 aromatic carbocycles. The van der Waals surface area contributed by atoms with Gasteiger partial charge in [0.1, 0.15) is 0 Å². The van der Waals surface area contributed by atoms with E-state index < -0.39 is 10.0 Å². The lowest BCUT2D eigenvalue weighted by molar-refractivity contribution is 0.192. The Morgan fingerprint density at radius 2 is 2.33 bits per heavy atom. The Kier molecular flexibility index (Phi) is 3.45. The lowest BCUT2D eigenvalue weighted by atomic mass is 10.3. The highest BCUT2D eigenvalue weighted by Crippen LogP contribution is 2.04. The minimum atomic E-state index is -3.17. The first-order chi connectivity index (χ1) is 5.64. The lowest BCUT2D eigenvalue weighted by Crippen LogP contribution is -2.38. The van der Waals surface area contributed by atoms with E-state index in [1.807, 2.05) is 0 Å². The van der Waals surface area contributed by atoms with Gasteiger partial charge in [-0.25, -0.2) is 13.1 Å².